The molecule has 0 radical (unpaired) electrons. The van der Waals surface area contributed by atoms with Crippen molar-refractivity contribution in [2.24, 2.45) is 0 Å². The van der Waals surface area contributed by atoms with Crippen LogP contribution in [-0.2, 0) is 13.1 Å². The van der Waals surface area contributed by atoms with Gasteiger partial charge in [-0.2, -0.15) is 0 Å². The van der Waals surface area contributed by atoms with Crippen molar-refractivity contribution in [3.8, 4) is 0 Å². The maximum Gasteiger partial charge on any atom is 0.104 e. The molecule has 2 rings (SSSR count). The highest BCUT2D eigenvalue weighted by Crippen LogP contribution is 2.22. The second kappa shape index (κ2) is 113. The maximum atomic E-state index is 2.56. The Kier molecular flexibility index (Phi) is 129. The number of hydrogen-bond donors (Lipinski definition) is 1. The van der Waals surface area contributed by atoms with Crippen LogP contribution in [0.4, 0.5) is 0 Å². The fourth-order valence-corrected chi connectivity index (χ4v) is 17.6. The standard InChI is InChI=1S/C25H46N.C25H54N.C20H43N.C19H42N.C16H36N.C10H16N.6H2O/c1-4-5-6-7-8-9-10-11-12-13-14-15-16-20-23-26(2,3)24-25-21-18-17-19-22-25;1-5-8-11-14-17-20-23-26(4,24-21-18-15-12-9-6-2)25-22-19-16-13-10-7-3;1-4-5-6-7-8-9-10-11-12-13-14-15-16-17-18-19-20-21(2)3;1-5-6-7-8-9-10-11-12-13-14-15-16-17-18-19-20(2,3)4;1-5-9-13-17(14-10-6-2,15-11-7-3)16-12-8-4;1-11(2,3)9-10-7-5-4-6-8-10;;;;;;/h17-19,21-22H,4-16,20,23-24H2,1-3H3;5-25H2,1-4H3;4-20H2,1-3H3;5-19H2,1-4H3;5-16H2,1-4H3;4-8H,9H2,1-3H3;6*1H2/q2*+1;;3*+1;;;;;;/p-5. The minimum Gasteiger partial charge on any atom is -0.870 e. The average molecular weight is 1810 g/mol. The predicted molar refractivity (Wildman–Crippen MR) is 568 cm³/mol. The highest BCUT2D eigenvalue weighted by Gasteiger charge is 2.25. The highest BCUT2D eigenvalue weighted by molar-refractivity contribution is 5.14. The first-order valence-corrected chi connectivity index (χ1v) is 55.5. The van der Waals surface area contributed by atoms with Crippen molar-refractivity contribution in [3.63, 3.8) is 0 Å². The Morgan fingerprint density at radius 3 is 0.559 bits per heavy atom. The van der Waals surface area contributed by atoms with Gasteiger partial charge in [-0.05, 0) is 103 Å². The van der Waals surface area contributed by atoms with E-state index in [4.69, 9.17) is 0 Å². The van der Waals surface area contributed by atoms with Crippen LogP contribution in [0, 0.1) is 0 Å². The van der Waals surface area contributed by atoms with Gasteiger partial charge in [0.2, 0.25) is 0 Å². The monoisotopic (exact) mass is 1810 g/mol. The van der Waals surface area contributed by atoms with Crippen molar-refractivity contribution in [3.05, 3.63) is 71.8 Å². The largest absolute Gasteiger partial charge is 0.870 e. The van der Waals surface area contributed by atoms with E-state index in [1.54, 1.807) is 4.90 Å². The lowest BCUT2D eigenvalue weighted by molar-refractivity contribution is -0.929. The fraction of sp³-hybridized carbons (Fsp3) is 0.896. The van der Waals surface area contributed by atoms with Crippen LogP contribution in [0.2, 0.25) is 0 Å². The summed E-state index contributed by atoms with van der Waals surface area (Å²) in [4.78, 5) is 1.60. The third-order valence-corrected chi connectivity index (χ3v) is 25.9. The Morgan fingerprint density at radius 2 is 0.362 bits per heavy atom. The van der Waals surface area contributed by atoms with E-state index in [1.165, 1.54) is 535 Å². The summed E-state index contributed by atoms with van der Waals surface area (Å²) in [5.74, 6) is 0. The lowest BCUT2D eigenvalue weighted by Gasteiger charge is -2.39. The van der Waals surface area contributed by atoms with Crippen LogP contribution in [0.15, 0.2) is 60.7 Å². The van der Waals surface area contributed by atoms with E-state index in [-0.39, 0.29) is 32.9 Å². The van der Waals surface area contributed by atoms with E-state index >= 15 is 0 Å². The molecular formula is C115H244N6O6. The van der Waals surface area contributed by atoms with Crippen LogP contribution in [-0.4, -0.2) is 198 Å². The molecule has 7 N–H and O–H groups in total. The second-order valence-electron chi connectivity index (χ2n) is 42.4. The van der Waals surface area contributed by atoms with Crippen LogP contribution in [0.25, 0.3) is 0 Å². The molecule has 0 amide bonds. The first kappa shape index (κ1) is 145. The molecule has 12 nitrogen and oxygen atoms in total. The van der Waals surface area contributed by atoms with Crippen molar-refractivity contribution in [1.82, 2.24) is 0 Å². The summed E-state index contributed by atoms with van der Waals surface area (Å²) in [7, 11) is 25.3. The van der Waals surface area contributed by atoms with Gasteiger partial charge >= 0.3 is 0 Å². The molecule has 0 unspecified atom stereocenters. The Labute approximate surface area is 802 Å². The molecule has 0 aliphatic heterocycles. The predicted octanol–water partition coefficient (Wildman–Crippen LogP) is 33.7. The summed E-state index contributed by atoms with van der Waals surface area (Å²) >= 11 is 0. The van der Waals surface area contributed by atoms with Crippen LogP contribution >= 0.6 is 0 Å². The molecule has 0 atom stereocenters. The highest BCUT2D eigenvalue weighted by atomic mass is 16.0. The second-order valence-corrected chi connectivity index (χ2v) is 42.4. The molecule has 0 heterocycles. The van der Waals surface area contributed by atoms with E-state index in [1.807, 2.05) is 0 Å². The Bertz CT molecular complexity index is 2120. The SMILES string of the molecule is CCCCCCCCCCCCCCCCCC[NH+](C)C.CCCCCCCCCCCCCCCC[N+](C)(C)C.CCCCCCCCCCCCCCCC[N+](C)(C)Cc1ccccc1.CCCCCCCC[N+](C)(CCCCCCCC)CCCCCCCC.CCCC[N+](CCCC)(CCCC)CCCC.C[N+](C)(C)Cc1ccccc1.[OH-].[OH-].[OH-].[OH-].[OH-].[OH-]. The topological polar surface area (TPSA) is 184 Å². The molecule has 0 fully saturated rings. The van der Waals surface area contributed by atoms with Gasteiger partial charge < -0.3 is 60.2 Å². The number of hydrogen-bond acceptors (Lipinski definition) is 6. The molecular weight excluding hydrogens is 1560 g/mol. The summed E-state index contributed by atoms with van der Waals surface area (Å²) in [5, 5.41) is 0. The fourth-order valence-electron chi connectivity index (χ4n) is 17.6. The molecule has 2 aromatic rings. The number of unbranched alkanes of at least 4 members (excludes halogenated alkanes) is 60. The van der Waals surface area contributed by atoms with E-state index < -0.39 is 0 Å². The van der Waals surface area contributed by atoms with Crippen LogP contribution < -0.4 is 4.90 Å². The van der Waals surface area contributed by atoms with E-state index in [0.29, 0.717) is 0 Å². The smallest absolute Gasteiger partial charge is 0.104 e. The quantitative estimate of drug-likeness (QED) is 0.0507. The van der Waals surface area contributed by atoms with E-state index in [2.05, 4.69) is 207 Å². The minimum atomic E-state index is 0. The molecule has 2 aromatic carbocycles. The third-order valence-electron chi connectivity index (χ3n) is 25.9. The first-order chi connectivity index (χ1) is 58.5. The third kappa shape index (κ3) is 122. The first-order valence-electron chi connectivity index (χ1n) is 55.5. The molecule has 0 saturated heterocycles. The maximum absolute atomic E-state index is 2.56. The molecule has 0 spiro atoms. The molecule has 0 aliphatic carbocycles. The molecule has 0 saturated carbocycles. The molecule has 12 heteroatoms. The van der Waals surface area contributed by atoms with Crippen molar-refractivity contribution >= 4 is 0 Å². The van der Waals surface area contributed by atoms with Gasteiger partial charge in [0.05, 0.1) is 143 Å². The van der Waals surface area contributed by atoms with E-state index in [0.717, 1.165) is 26.5 Å². The van der Waals surface area contributed by atoms with Gasteiger partial charge in [-0.3, -0.25) is 0 Å². The zero-order chi connectivity index (χ0) is 90.3. The molecule has 0 bridgehead atoms. The average Bonchev–Trinajstić information content (AvgIpc) is 0.841. The van der Waals surface area contributed by atoms with Crippen LogP contribution in [0.5, 0.6) is 0 Å². The lowest BCUT2D eigenvalue weighted by atomic mass is 10.0. The summed E-state index contributed by atoms with van der Waals surface area (Å²) in [5.41, 5.74) is 2.86. The summed E-state index contributed by atoms with van der Waals surface area (Å²) < 4.78 is 6.00. The van der Waals surface area contributed by atoms with Gasteiger partial charge in [0.25, 0.3) is 0 Å². The Balaban J connectivity index is -0.000000163. The molecule has 127 heavy (non-hydrogen) atoms. The Hall–Kier alpha value is -2.04. The number of rotatable bonds is 84. The minimum absolute atomic E-state index is 0. The van der Waals surface area contributed by atoms with Gasteiger partial charge in [0.1, 0.15) is 13.1 Å². The van der Waals surface area contributed by atoms with E-state index in [9.17, 15) is 0 Å². The van der Waals surface area contributed by atoms with Gasteiger partial charge in [-0.15, -0.1) is 0 Å². The van der Waals surface area contributed by atoms with Crippen LogP contribution in [0.1, 0.15) is 530 Å². The van der Waals surface area contributed by atoms with Gasteiger partial charge in [-0.1, -0.05) is 477 Å². The number of nitrogens with zero attached hydrogens (tertiary/aromatic N) is 5. The zero-order valence-corrected chi connectivity index (χ0v) is 91.2. The van der Waals surface area contributed by atoms with Crippen molar-refractivity contribution in [1.29, 1.82) is 0 Å². The van der Waals surface area contributed by atoms with Gasteiger partial charge in [-0.25, -0.2) is 0 Å². The lowest BCUT2D eigenvalue weighted by Crippen LogP contribution is -3.05. The van der Waals surface area contributed by atoms with Crippen molar-refractivity contribution in [2.75, 3.05) is 143 Å². The summed E-state index contributed by atoms with van der Waals surface area (Å²) in [6.45, 7) is 39.4. The molecule has 770 valence electrons. The van der Waals surface area contributed by atoms with Crippen LogP contribution in [0.3, 0.4) is 0 Å². The molecule has 0 aromatic heterocycles. The van der Waals surface area contributed by atoms with Gasteiger partial charge in [0.15, 0.2) is 0 Å². The number of nitrogens with one attached hydrogen (secondary N) is 1. The summed E-state index contributed by atoms with van der Waals surface area (Å²) in [6.07, 6.45) is 101. The van der Waals surface area contributed by atoms with Crippen molar-refractivity contribution < 1.29 is 60.2 Å². The zero-order valence-electron chi connectivity index (χ0n) is 91.2. The number of quaternary nitrogens is 6. The summed E-state index contributed by atoms with van der Waals surface area (Å²) in [6, 6.07) is 21.5. The van der Waals surface area contributed by atoms with Gasteiger partial charge in [0, 0.05) is 11.1 Å². The van der Waals surface area contributed by atoms with Crippen molar-refractivity contribution in [2.45, 2.75) is 532 Å². The normalized spacial score (nSPS) is 11.3. The Morgan fingerprint density at radius 1 is 0.181 bits per heavy atom. The molecule has 0 aliphatic rings. The number of benzene rings is 2.